The molecule has 0 radical (unpaired) electrons. The lowest BCUT2D eigenvalue weighted by Crippen LogP contribution is -2.24. The van der Waals surface area contributed by atoms with E-state index in [4.69, 9.17) is 10.5 Å². The highest BCUT2D eigenvalue weighted by Gasteiger charge is 2.07. The Kier molecular flexibility index (Phi) is 4.98. The van der Waals surface area contributed by atoms with Crippen LogP contribution < -0.4 is 16.0 Å². The first-order valence-corrected chi connectivity index (χ1v) is 7.26. The molecular formula is C16H21N3O2. The van der Waals surface area contributed by atoms with Crippen LogP contribution in [0.15, 0.2) is 35.1 Å². The van der Waals surface area contributed by atoms with Gasteiger partial charge in [-0.15, -0.1) is 0 Å². The lowest BCUT2D eigenvalue weighted by molar-refractivity contribution is 0.309. The fraction of sp³-hybridized carbons (Fsp3) is 0.375. The van der Waals surface area contributed by atoms with Crippen molar-refractivity contribution in [3.63, 3.8) is 0 Å². The predicted octanol–water partition coefficient (Wildman–Crippen LogP) is 2.69. The van der Waals surface area contributed by atoms with Gasteiger partial charge in [0.05, 0.1) is 12.3 Å². The predicted molar refractivity (Wildman–Crippen MR) is 84.4 cm³/mol. The molecule has 112 valence electrons. The van der Waals surface area contributed by atoms with E-state index in [1.54, 1.807) is 6.07 Å². The molecule has 0 saturated heterocycles. The number of aryl methyl sites for hydroxylation is 1. The summed E-state index contributed by atoms with van der Waals surface area (Å²) >= 11 is 0. The molecule has 0 bridgehead atoms. The Balaban J connectivity index is 2.22. The SMILES string of the molecule is CCCCOc1ccc(-c2cc(N)c(=O)n(CC)n2)cc1. The molecule has 1 aromatic carbocycles. The Hall–Kier alpha value is -2.30. The van der Waals surface area contributed by atoms with Gasteiger partial charge in [-0.1, -0.05) is 13.3 Å². The molecule has 21 heavy (non-hydrogen) atoms. The second-order valence-electron chi connectivity index (χ2n) is 4.83. The van der Waals surface area contributed by atoms with Crippen LogP contribution in [0, 0.1) is 0 Å². The molecule has 0 amide bonds. The molecule has 0 fully saturated rings. The van der Waals surface area contributed by atoms with Crippen LogP contribution in [0.25, 0.3) is 11.3 Å². The van der Waals surface area contributed by atoms with E-state index in [1.807, 2.05) is 31.2 Å². The molecule has 1 heterocycles. The number of nitrogen functional groups attached to an aromatic ring is 1. The van der Waals surface area contributed by atoms with Gasteiger partial charge in [-0.25, -0.2) is 4.68 Å². The molecule has 2 rings (SSSR count). The number of ether oxygens (including phenoxy) is 1. The van der Waals surface area contributed by atoms with Crippen molar-refractivity contribution in [3.05, 3.63) is 40.7 Å². The number of rotatable bonds is 6. The second-order valence-corrected chi connectivity index (χ2v) is 4.83. The van der Waals surface area contributed by atoms with Gasteiger partial charge in [-0.05, 0) is 43.7 Å². The molecule has 0 aliphatic carbocycles. The fourth-order valence-electron chi connectivity index (χ4n) is 1.97. The number of hydrogen-bond acceptors (Lipinski definition) is 4. The van der Waals surface area contributed by atoms with Gasteiger partial charge in [0.25, 0.3) is 5.56 Å². The van der Waals surface area contributed by atoms with E-state index < -0.39 is 0 Å². The molecule has 0 unspecified atom stereocenters. The number of unbranched alkanes of at least 4 members (excludes halogenated alkanes) is 1. The molecule has 1 aromatic heterocycles. The monoisotopic (exact) mass is 287 g/mol. The molecule has 0 aliphatic rings. The van der Waals surface area contributed by atoms with Crippen LogP contribution in [0.5, 0.6) is 5.75 Å². The van der Waals surface area contributed by atoms with Crippen molar-refractivity contribution in [2.24, 2.45) is 0 Å². The maximum atomic E-state index is 11.7. The van der Waals surface area contributed by atoms with E-state index in [2.05, 4.69) is 12.0 Å². The molecule has 5 heteroatoms. The summed E-state index contributed by atoms with van der Waals surface area (Å²) < 4.78 is 7.00. The number of nitrogens with two attached hydrogens (primary N) is 1. The molecule has 0 saturated carbocycles. The van der Waals surface area contributed by atoms with Crippen LogP contribution in [0.1, 0.15) is 26.7 Å². The maximum absolute atomic E-state index is 11.7. The molecule has 2 aromatic rings. The Labute approximate surface area is 124 Å². The van der Waals surface area contributed by atoms with Crippen LogP contribution in [0.3, 0.4) is 0 Å². The Morgan fingerprint density at radius 2 is 1.95 bits per heavy atom. The highest BCUT2D eigenvalue weighted by molar-refractivity contribution is 5.62. The van der Waals surface area contributed by atoms with Gasteiger partial charge < -0.3 is 10.5 Å². The number of aromatic nitrogens is 2. The highest BCUT2D eigenvalue weighted by Crippen LogP contribution is 2.21. The summed E-state index contributed by atoms with van der Waals surface area (Å²) in [5.41, 5.74) is 7.31. The molecule has 0 aliphatic heterocycles. The van der Waals surface area contributed by atoms with E-state index in [9.17, 15) is 4.79 Å². The van der Waals surface area contributed by atoms with Crippen LogP contribution in [0.4, 0.5) is 5.69 Å². The van der Waals surface area contributed by atoms with Gasteiger partial charge >= 0.3 is 0 Å². The Morgan fingerprint density at radius 1 is 1.24 bits per heavy atom. The summed E-state index contributed by atoms with van der Waals surface area (Å²) in [5, 5.41) is 4.31. The van der Waals surface area contributed by atoms with E-state index >= 15 is 0 Å². The first kappa shape index (κ1) is 15.1. The van der Waals surface area contributed by atoms with Gasteiger partial charge in [-0.2, -0.15) is 5.10 Å². The summed E-state index contributed by atoms with van der Waals surface area (Å²) in [4.78, 5) is 11.7. The Bertz CT molecular complexity index is 648. The second kappa shape index (κ2) is 6.92. The zero-order valence-corrected chi connectivity index (χ0v) is 12.5. The van der Waals surface area contributed by atoms with Crippen molar-refractivity contribution >= 4 is 5.69 Å². The molecule has 0 atom stereocenters. The summed E-state index contributed by atoms with van der Waals surface area (Å²) in [6.07, 6.45) is 2.15. The quantitative estimate of drug-likeness (QED) is 0.829. The summed E-state index contributed by atoms with van der Waals surface area (Å²) in [7, 11) is 0. The largest absolute Gasteiger partial charge is 0.494 e. The van der Waals surface area contributed by atoms with E-state index in [-0.39, 0.29) is 11.2 Å². The number of hydrogen-bond donors (Lipinski definition) is 1. The molecule has 2 N–H and O–H groups in total. The average Bonchev–Trinajstić information content (AvgIpc) is 2.51. The lowest BCUT2D eigenvalue weighted by atomic mass is 10.1. The van der Waals surface area contributed by atoms with E-state index in [0.717, 1.165) is 30.8 Å². The van der Waals surface area contributed by atoms with Crippen LogP contribution >= 0.6 is 0 Å². The third-order valence-corrected chi connectivity index (χ3v) is 3.22. The normalized spacial score (nSPS) is 10.6. The van der Waals surface area contributed by atoms with Gasteiger partial charge in [0.1, 0.15) is 11.4 Å². The number of nitrogens with zero attached hydrogens (tertiary/aromatic N) is 2. The van der Waals surface area contributed by atoms with Crippen LogP contribution in [-0.4, -0.2) is 16.4 Å². The highest BCUT2D eigenvalue weighted by atomic mass is 16.5. The van der Waals surface area contributed by atoms with Crippen LogP contribution in [0.2, 0.25) is 0 Å². The Morgan fingerprint density at radius 3 is 2.57 bits per heavy atom. The van der Waals surface area contributed by atoms with Gasteiger partial charge in [0.15, 0.2) is 0 Å². The van der Waals surface area contributed by atoms with Gasteiger partial charge in [-0.3, -0.25) is 4.79 Å². The minimum Gasteiger partial charge on any atom is -0.494 e. The zero-order valence-electron chi connectivity index (χ0n) is 12.5. The van der Waals surface area contributed by atoms with Crippen molar-refractivity contribution < 1.29 is 4.74 Å². The molecular weight excluding hydrogens is 266 g/mol. The maximum Gasteiger partial charge on any atom is 0.289 e. The first-order valence-electron chi connectivity index (χ1n) is 7.26. The summed E-state index contributed by atoms with van der Waals surface area (Å²) in [6.45, 7) is 5.21. The number of anilines is 1. The minimum atomic E-state index is -0.249. The third kappa shape index (κ3) is 3.62. The van der Waals surface area contributed by atoms with Crippen LogP contribution in [-0.2, 0) is 6.54 Å². The van der Waals surface area contributed by atoms with Crippen molar-refractivity contribution in [2.75, 3.05) is 12.3 Å². The van der Waals surface area contributed by atoms with Crippen molar-refractivity contribution in [2.45, 2.75) is 33.2 Å². The molecule has 0 spiro atoms. The van der Waals surface area contributed by atoms with E-state index in [1.165, 1.54) is 4.68 Å². The average molecular weight is 287 g/mol. The van der Waals surface area contributed by atoms with Crippen molar-refractivity contribution in [1.29, 1.82) is 0 Å². The van der Waals surface area contributed by atoms with Crippen molar-refractivity contribution in [1.82, 2.24) is 9.78 Å². The lowest BCUT2D eigenvalue weighted by Gasteiger charge is -2.08. The smallest absolute Gasteiger partial charge is 0.289 e. The third-order valence-electron chi connectivity index (χ3n) is 3.22. The zero-order chi connectivity index (χ0) is 15.2. The van der Waals surface area contributed by atoms with Gasteiger partial charge in [0.2, 0.25) is 0 Å². The standard InChI is InChI=1S/C16H21N3O2/c1-3-5-10-21-13-8-6-12(7-9-13)15-11-14(17)16(20)19(4-2)18-15/h6-9,11H,3-5,10,17H2,1-2H3. The van der Waals surface area contributed by atoms with Crippen molar-refractivity contribution in [3.8, 4) is 17.0 Å². The summed E-state index contributed by atoms with van der Waals surface area (Å²) in [5.74, 6) is 0.837. The first-order chi connectivity index (χ1) is 10.2. The number of benzene rings is 1. The summed E-state index contributed by atoms with van der Waals surface area (Å²) in [6, 6.07) is 9.27. The molecule has 5 nitrogen and oxygen atoms in total. The van der Waals surface area contributed by atoms with E-state index in [0.29, 0.717) is 12.2 Å². The fourth-order valence-corrected chi connectivity index (χ4v) is 1.97. The van der Waals surface area contributed by atoms with Gasteiger partial charge in [0, 0.05) is 12.1 Å². The topological polar surface area (TPSA) is 70.1 Å². The minimum absolute atomic E-state index is 0.213.